The van der Waals surface area contributed by atoms with Crippen LogP contribution < -0.4 is 5.32 Å². The van der Waals surface area contributed by atoms with Gasteiger partial charge in [0.05, 0.1) is 6.54 Å². The van der Waals surface area contributed by atoms with E-state index in [1.807, 2.05) is 6.92 Å². The second kappa shape index (κ2) is 7.48. The summed E-state index contributed by atoms with van der Waals surface area (Å²) in [5, 5.41) is 11.7. The lowest BCUT2D eigenvalue weighted by molar-refractivity contribution is -0.142. The first-order valence-corrected chi connectivity index (χ1v) is 7.23. The topological polar surface area (TPSA) is 69.6 Å². The highest BCUT2D eigenvalue weighted by molar-refractivity contribution is 5.84. The van der Waals surface area contributed by atoms with Crippen molar-refractivity contribution in [1.82, 2.24) is 10.2 Å². The molecular weight excluding hydrogens is 244 g/mol. The molecule has 1 fully saturated rings. The summed E-state index contributed by atoms with van der Waals surface area (Å²) in [5.74, 6) is -1.12. The number of rotatable bonds is 7. The van der Waals surface area contributed by atoms with Crippen LogP contribution in [0.5, 0.6) is 0 Å². The smallest absolute Gasteiger partial charge is 0.326 e. The van der Waals surface area contributed by atoms with E-state index in [-0.39, 0.29) is 5.91 Å². The first-order valence-electron chi connectivity index (χ1n) is 7.23. The zero-order chi connectivity index (χ0) is 14.4. The van der Waals surface area contributed by atoms with Crippen LogP contribution in [0.4, 0.5) is 0 Å². The second-order valence-corrected chi connectivity index (χ2v) is 5.55. The van der Waals surface area contributed by atoms with Crippen LogP contribution in [0, 0.1) is 0 Å². The lowest BCUT2D eigenvalue weighted by Gasteiger charge is -2.26. The molecule has 0 aromatic heterocycles. The lowest BCUT2D eigenvalue weighted by atomic mass is 10.1. The summed E-state index contributed by atoms with van der Waals surface area (Å²) in [6, 6.07) is 0.0556. The highest BCUT2D eigenvalue weighted by Gasteiger charge is 2.29. The van der Waals surface area contributed by atoms with Gasteiger partial charge in [-0.2, -0.15) is 0 Å². The number of hydrogen-bond acceptors (Lipinski definition) is 3. The standard InChI is InChI=1S/C14H26N2O3/c1-4-5-6-12(14(18)19)15-13(17)9-16-10(2)7-8-11(16)3/h10-12H,4-9H2,1-3H3,(H,15,17)(H,18,19). The quantitative estimate of drug-likeness (QED) is 0.737. The molecule has 1 rings (SSSR count). The average molecular weight is 270 g/mol. The Morgan fingerprint density at radius 2 is 1.89 bits per heavy atom. The molecule has 1 saturated heterocycles. The van der Waals surface area contributed by atoms with Crippen molar-refractivity contribution in [2.24, 2.45) is 0 Å². The summed E-state index contributed by atoms with van der Waals surface area (Å²) in [6.07, 6.45) is 4.45. The van der Waals surface area contributed by atoms with Gasteiger partial charge in [0.1, 0.15) is 6.04 Å². The molecule has 0 radical (unpaired) electrons. The van der Waals surface area contributed by atoms with E-state index in [2.05, 4.69) is 24.1 Å². The SMILES string of the molecule is CCCCC(NC(=O)CN1C(C)CCC1C)C(=O)O. The predicted molar refractivity (Wildman–Crippen MR) is 74.0 cm³/mol. The van der Waals surface area contributed by atoms with Gasteiger partial charge in [0.2, 0.25) is 5.91 Å². The third-order valence-corrected chi connectivity index (χ3v) is 3.94. The minimum absolute atomic E-state index is 0.177. The molecular formula is C14H26N2O3. The van der Waals surface area contributed by atoms with E-state index in [1.165, 1.54) is 0 Å². The first kappa shape index (κ1) is 16.0. The second-order valence-electron chi connectivity index (χ2n) is 5.55. The molecule has 0 aromatic rings. The number of carbonyl (C=O) groups is 2. The summed E-state index contributed by atoms with van der Waals surface area (Å²) >= 11 is 0. The molecule has 0 saturated carbocycles. The summed E-state index contributed by atoms with van der Waals surface area (Å²) in [4.78, 5) is 25.2. The molecule has 0 aromatic carbocycles. The monoisotopic (exact) mass is 270 g/mol. The predicted octanol–water partition coefficient (Wildman–Crippen LogP) is 1.62. The van der Waals surface area contributed by atoms with E-state index in [9.17, 15) is 9.59 Å². The number of carboxylic acid groups (broad SMARTS) is 1. The van der Waals surface area contributed by atoms with Crippen molar-refractivity contribution in [2.45, 2.75) is 71.0 Å². The van der Waals surface area contributed by atoms with E-state index in [0.29, 0.717) is 25.0 Å². The Morgan fingerprint density at radius 1 is 1.32 bits per heavy atom. The van der Waals surface area contributed by atoms with Crippen LogP contribution in [0.1, 0.15) is 52.9 Å². The summed E-state index contributed by atoms with van der Waals surface area (Å²) < 4.78 is 0. The lowest BCUT2D eigenvalue weighted by Crippen LogP contribution is -2.47. The third kappa shape index (κ3) is 4.82. The number of carboxylic acids is 1. The molecule has 5 nitrogen and oxygen atoms in total. The fraction of sp³-hybridized carbons (Fsp3) is 0.857. The minimum atomic E-state index is -0.940. The molecule has 5 heteroatoms. The van der Waals surface area contributed by atoms with Crippen LogP contribution in [0.2, 0.25) is 0 Å². The van der Waals surface area contributed by atoms with Gasteiger partial charge >= 0.3 is 5.97 Å². The zero-order valence-electron chi connectivity index (χ0n) is 12.2. The largest absolute Gasteiger partial charge is 0.480 e. The molecule has 1 aliphatic rings. The normalized spacial score (nSPS) is 25.2. The van der Waals surface area contributed by atoms with Gasteiger partial charge in [-0.3, -0.25) is 9.69 Å². The Balaban J connectivity index is 2.46. The van der Waals surface area contributed by atoms with Crippen LogP contribution in [0.15, 0.2) is 0 Å². The van der Waals surface area contributed by atoms with Crippen molar-refractivity contribution < 1.29 is 14.7 Å². The third-order valence-electron chi connectivity index (χ3n) is 3.94. The van der Waals surface area contributed by atoms with E-state index >= 15 is 0 Å². The highest BCUT2D eigenvalue weighted by atomic mass is 16.4. The van der Waals surface area contributed by atoms with Crippen LogP contribution in [0.25, 0.3) is 0 Å². The Hall–Kier alpha value is -1.10. The first-order chi connectivity index (χ1) is 8.95. The van der Waals surface area contributed by atoms with Crippen LogP contribution in [-0.2, 0) is 9.59 Å². The van der Waals surface area contributed by atoms with E-state index in [0.717, 1.165) is 25.7 Å². The maximum atomic E-state index is 12.0. The van der Waals surface area contributed by atoms with Crippen molar-refractivity contribution in [3.63, 3.8) is 0 Å². The van der Waals surface area contributed by atoms with E-state index in [4.69, 9.17) is 5.11 Å². The number of carbonyl (C=O) groups excluding carboxylic acids is 1. The van der Waals surface area contributed by atoms with Crippen molar-refractivity contribution in [3.05, 3.63) is 0 Å². The molecule has 2 N–H and O–H groups in total. The molecule has 19 heavy (non-hydrogen) atoms. The van der Waals surface area contributed by atoms with Gasteiger partial charge in [-0.05, 0) is 33.1 Å². The zero-order valence-corrected chi connectivity index (χ0v) is 12.2. The van der Waals surface area contributed by atoms with Gasteiger partial charge in [0, 0.05) is 12.1 Å². The highest BCUT2D eigenvalue weighted by Crippen LogP contribution is 2.22. The Bertz CT molecular complexity index is 310. The maximum Gasteiger partial charge on any atom is 0.326 e. The number of hydrogen-bond donors (Lipinski definition) is 2. The van der Waals surface area contributed by atoms with Gasteiger partial charge < -0.3 is 10.4 Å². The summed E-state index contributed by atoms with van der Waals surface area (Å²) in [6.45, 7) is 6.54. The summed E-state index contributed by atoms with van der Waals surface area (Å²) in [5.41, 5.74) is 0. The molecule has 3 atom stereocenters. The number of nitrogens with zero attached hydrogens (tertiary/aromatic N) is 1. The minimum Gasteiger partial charge on any atom is -0.480 e. The Morgan fingerprint density at radius 3 is 2.37 bits per heavy atom. The molecule has 1 amide bonds. The van der Waals surface area contributed by atoms with E-state index in [1.54, 1.807) is 0 Å². The van der Waals surface area contributed by atoms with Gasteiger partial charge in [0.25, 0.3) is 0 Å². The number of nitrogens with one attached hydrogen (secondary N) is 1. The average Bonchev–Trinajstić information content (AvgIpc) is 2.66. The number of aliphatic carboxylic acids is 1. The van der Waals surface area contributed by atoms with Crippen molar-refractivity contribution >= 4 is 11.9 Å². The number of unbranched alkanes of at least 4 members (excludes halogenated alkanes) is 1. The van der Waals surface area contributed by atoms with E-state index < -0.39 is 12.0 Å². The number of amides is 1. The van der Waals surface area contributed by atoms with Crippen LogP contribution in [0.3, 0.4) is 0 Å². The van der Waals surface area contributed by atoms with Crippen molar-refractivity contribution in [3.8, 4) is 0 Å². The molecule has 0 spiro atoms. The Kier molecular flexibility index (Phi) is 6.28. The molecule has 1 aliphatic heterocycles. The van der Waals surface area contributed by atoms with Gasteiger partial charge in [0.15, 0.2) is 0 Å². The van der Waals surface area contributed by atoms with Crippen molar-refractivity contribution in [2.75, 3.05) is 6.54 Å². The van der Waals surface area contributed by atoms with Gasteiger partial charge in [-0.15, -0.1) is 0 Å². The Labute approximate surface area is 115 Å². The van der Waals surface area contributed by atoms with Gasteiger partial charge in [-0.1, -0.05) is 19.8 Å². The van der Waals surface area contributed by atoms with Crippen LogP contribution in [-0.4, -0.2) is 46.6 Å². The molecule has 0 aliphatic carbocycles. The van der Waals surface area contributed by atoms with Gasteiger partial charge in [-0.25, -0.2) is 4.79 Å². The fourth-order valence-electron chi connectivity index (χ4n) is 2.63. The summed E-state index contributed by atoms with van der Waals surface area (Å²) in [7, 11) is 0. The molecule has 1 heterocycles. The number of likely N-dealkylation sites (tertiary alicyclic amines) is 1. The molecule has 0 bridgehead atoms. The van der Waals surface area contributed by atoms with Crippen molar-refractivity contribution in [1.29, 1.82) is 0 Å². The molecule has 3 unspecified atom stereocenters. The maximum absolute atomic E-state index is 12.0. The fourth-order valence-corrected chi connectivity index (χ4v) is 2.63. The molecule has 110 valence electrons. The van der Waals surface area contributed by atoms with Crippen LogP contribution >= 0.6 is 0 Å².